The molecule has 0 N–H and O–H groups in total. The molecule has 0 aliphatic heterocycles. The molecule has 0 unspecified atom stereocenters. The maximum Gasteiger partial charge on any atom is 2.00 e. The van der Waals surface area contributed by atoms with Crippen LogP contribution in [0.3, 0.4) is 0 Å². The third kappa shape index (κ3) is 9.86. The zero-order valence-corrected chi connectivity index (χ0v) is 7.01. The molecule has 0 aliphatic rings. The van der Waals surface area contributed by atoms with Gasteiger partial charge in [0.2, 0.25) is 0 Å². The van der Waals surface area contributed by atoms with E-state index in [0.29, 0.717) is 0 Å². The molecule has 8 heavy (non-hydrogen) atoms. The fraction of sp³-hybridized carbons (Fsp3) is 0.714. The van der Waals surface area contributed by atoms with Gasteiger partial charge in [0.05, 0.1) is 0 Å². The summed E-state index contributed by atoms with van der Waals surface area (Å²) in [5.41, 5.74) is 0. The van der Waals surface area contributed by atoms with E-state index in [2.05, 4.69) is 13.8 Å². The normalized spacial score (nSPS) is 8.25. The van der Waals surface area contributed by atoms with Crippen LogP contribution >= 0.6 is 0 Å². The summed E-state index contributed by atoms with van der Waals surface area (Å²) in [4.78, 5) is 0. The average molecular weight is 146 g/mol. The SMILES string of the molecule is [CH2-]CCCCC[CH2-].[Ti+2]. The Bertz CT molecular complexity index is 23.6. The second-order valence-corrected chi connectivity index (χ2v) is 1.77. The van der Waals surface area contributed by atoms with Crippen LogP contribution < -0.4 is 0 Å². The van der Waals surface area contributed by atoms with Crippen LogP contribution in [0.25, 0.3) is 0 Å². The van der Waals surface area contributed by atoms with E-state index in [0.717, 1.165) is 12.8 Å². The number of hydrogen-bond acceptors (Lipinski definition) is 0. The number of rotatable bonds is 4. The second-order valence-electron chi connectivity index (χ2n) is 1.77. The minimum Gasteiger partial charge on any atom is -0.343 e. The second kappa shape index (κ2) is 10.7. The van der Waals surface area contributed by atoms with Crippen molar-refractivity contribution in [3.8, 4) is 0 Å². The average Bonchev–Trinajstić information content (AvgIpc) is 1.69. The van der Waals surface area contributed by atoms with Gasteiger partial charge in [0.1, 0.15) is 0 Å². The van der Waals surface area contributed by atoms with Crippen LogP contribution in [0, 0.1) is 13.8 Å². The predicted octanol–water partition coefficient (Wildman–Crippen LogP) is 2.60. The van der Waals surface area contributed by atoms with Gasteiger partial charge in [0.15, 0.2) is 0 Å². The van der Waals surface area contributed by atoms with Gasteiger partial charge in [-0.05, 0) is 0 Å². The minimum atomic E-state index is 0. The fourth-order valence-corrected chi connectivity index (χ4v) is 0.530. The first-order valence-corrected chi connectivity index (χ1v) is 3.00. The Labute approximate surface area is 67.9 Å². The summed E-state index contributed by atoms with van der Waals surface area (Å²) in [5.74, 6) is 0. The molecular formula is C7H14Ti. The van der Waals surface area contributed by atoms with E-state index < -0.39 is 0 Å². The molecule has 0 aromatic heterocycles. The van der Waals surface area contributed by atoms with Gasteiger partial charge < -0.3 is 13.8 Å². The summed E-state index contributed by atoms with van der Waals surface area (Å²) in [6.07, 6.45) is 6.03. The third-order valence-electron chi connectivity index (χ3n) is 1.000. The van der Waals surface area contributed by atoms with E-state index >= 15 is 0 Å². The van der Waals surface area contributed by atoms with Crippen molar-refractivity contribution in [3.63, 3.8) is 0 Å². The van der Waals surface area contributed by atoms with Crippen LogP contribution in [0.2, 0.25) is 0 Å². The van der Waals surface area contributed by atoms with Crippen LogP contribution in [0.1, 0.15) is 32.1 Å². The molecule has 0 aromatic rings. The van der Waals surface area contributed by atoms with Crippen LogP contribution in [-0.2, 0) is 21.7 Å². The van der Waals surface area contributed by atoms with Gasteiger partial charge in [-0.3, -0.25) is 0 Å². The van der Waals surface area contributed by atoms with E-state index in [1.165, 1.54) is 19.3 Å². The molecule has 0 bridgehead atoms. The molecule has 0 rings (SSSR count). The Morgan fingerprint density at radius 3 is 1.38 bits per heavy atom. The maximum atomic E-state index is 3.74. The van der Waals surface area contributed by atoms with Crippen LogP contribution in [0.4, 0.5) is 0 Å². The summed E-state index contributed by atoms with van der Waals surface area (Å²) < 4.78 is 0. The molecule has 0 nitrogen and oxygen atoms in total. The molecule has 0 spiro atoms. The van der Waals surface area contributed by atoms with Crippen molar-refractivity contribution in [3.05, 3.63) is 13.8 Å². The molecule has 0 fully saturated rings. The quantitative estimate of drug-likeness (QED) is 0.325. The Morgan fingerprint density at radius 2 is 1.12 bits per heavy atom. The molecule has 46 valence electrons. The molecular weight excluding hydrogens is 132 g/mol. The monoisotopic (exact) mass is 146 g/mol. The largest absolute Gasteiger partial charge is 2.00 e. The van der Waals surface area contributed by atoms with Gasteiger partial charge >= 0.3 is 21.7 Å². The van der Waals surface area contributed by atoms with Crippen LogP contribution in [0.5, 0.6) is 0 Å². The van der Waals surface area contributed by atoms with E-state index in [1.54, 1.807) is 0 Å². The van der Waals surface area contributed by atoms with E-state index in [9.17, 15) is 0 Å². The van der Waals surface area contributed by atoms with Crippen LogP contribution in [0.15, 0.2) is 0 Å². The summed E-state index contributed by atoms with van der Waals surface area (Å²) >= 11 is 0. The summed E-state index contributed by atoms with van der Waals surface area (Å²) in [6.45, 7) is 7.47. The molecule has 0 aromatic carbocycles. The Balaban J connectivity index is 0. The van der Waals surface area contributed by atoms with E-state index in [-0.39, 0.29) is 21.7 Å². The first kappa shape index (κ1) is 11.5. The molecule has 0 saturated heterocycles. The van der Waals surface area contributed by atoms with Crippen molar-refractivity contribution in [2.45, 2.75) is 32.1 Å². The zero-order valence-electron chi connectivity index (χ0n) is 5.45. The van der Waals surface area contributed by atoms with Crippen molar-refractivity contribution >= 4 is 0 Å². The molecule has 0 amide bonds. The summed E-state index contributed by atoms with van der Waals surface area (Å²) in [7, 11) is 0. The fourth-order valence-electron chi connectivity index (χ4n) is 0.530. The molecule has 0 atom stereocenters. The van der Waals surface area contributed by atoms with Crippen molar-refractivity contribution in [2.75, 3.05) is 0 Å². The third-order valence-corrected chi connectivity index (χ3v) is 1.000. The van der Waals surface area contributed by atoms with Crippen molar-refractivity contribution < 1.29 is 21.7 Å². The van der Waals surface area contributed by atoms with Gasteiger partial charge in [-0.15, -0.1) is 0 Å². The van der Waals surface area contributed by atoms with Crippen molar-refractivity contribution in [2.24, 2.45) is 0 Å². The Hall–Kier alpha value is 0.714. The first-order chi connectivity index (χ1) is 3.41. The minimum absolute atomic E-state index is 0. The Morgan fingerprint density at radius 1 is 0.750 bits per heavy atom. The number of unbranched alkanes of at least 4 members (excludes halogenated alkanes) is 4. The molecule has 0 aliphatic carbocycles. The van der Waals surface area contributed by atoms with Gasteiger partial charge in [-0.2, -0.15) is 12.8 Å². The van der Waals surface area contributed by atoms with Gasteiger partial charge in [-0.1, -0.05) is 19.3 Å². The van der Waals surface area contributed by atoms with E-state index in [4.69, 9.17) is 0 Å². The molecule has 0 radical (unpaired) electrons. The number of hydrogen-bond donors (Lipinski definition) is 0. The molecule has 0 saturated carbocycles. The Kier molecular flexibility index (Phi) is 15.3. The van der Waals surface area contributed by atoms with Gasteiger partial charge in [0, 0.05) is 0 Å². The van der Waals surface area contributed by atoms with Gasteiger partial charge in [0.25, 0.3) is 0 Å². The predicted molar refractivity (Wildman–Crippen MR) is 33.8 cm³/mol. The topological polar surface area (TPSA) is 0 Å². The van der Waals surface area contributed by atoms with Crippen molar-refractivity contribution in [1.29, 1.82) is 0 Å². The summed E-state index contributed by atoms with van der Waals surface area (Å²) in [6, 6.07) is 0. The zero-order chi connectivity index (χ0) is 5.54. The smallest absolute Gasteiger partial charge is 0.343 e. The standard InChI is InChI=1S/C7H14.Ti/c1-3-5-7-6-4-2;/h1-7H2;/q-2;+2. The molecule has 0 heterocycles. The first-order valence-electron chi connectivity index (χ1n) is 3.00. The van der Waals surface area contributed by atoms with E-state index in [1.807, 2.05) is 0 Å². The van der Waals surface area contributed by atoms with Gasteiger partial charge in [-0.25, -0.2) is 0 Å². The summed E-state index contributed by atoms with van der Waals surface area (Å²) in [5, 5.41) is 0. The molecule has 1 heteroatoms. The maximum absolute atomic E-state index is 3.74. The van der Waals surface area contributed by atoms with Crippen LogP contribution in [-0.4, -0.2) is 0 Å². The van der Waals surface area contributed by atoms with Crippen molar-refractivity contribution in [1.82, 2.24) is 0 Å².